The average molecular weight is 504 g/mol. The van der Waals surface area contributed by atoms with Crippen LogP contribution in [0, 0.1) is 18.8 Å². The van der Waals surface area contributed by atoms with Gasteiger partial charge in [0.25, 0.3) is 0 Å². The zero-order valence-electron chi connectivity index (χ0n) is 20.9. The van der Waals surface area contributed by atoms with E-state index in [4.69, 9.17) is 0 Å². The van der Waals surface area contributed by atoms with Crippen LogP contribution in [0.3, 0.4) is 0 Å². The minimum absolute atomic E-state index is 0.0985. The number of fused-ring (bicyclic) bond motifs is 1. The molecule has 0 saturated heterocycles. The molecule has 0 unspecified atom stereocenters. The zero-order valence-corrected chi connectivity index (χ0v) is 20.9. The number of phenols is 1. The molecule has 1 aromatic heterocycles. The standard InChI is InChI=1S/C26H18F3N3O.C4H10/c1-16-6-10-24(17(2)32-22-5-3-4-21(13-22)26(27,28)29)25(33)23(16)11-8-18-7-9-19-14-30-31-15-20(19)12-18;1-3-4-2/h3-7,9-10,12-15,32-33H,2H2,1H3;3-4H2,1-2H3. The molecule has 7 heteroatoms. The minimum atomic E-state index is -4.46. The number of phenolic OH excluding ortho intramolecular Hbond substituents is 1. The Kier molecular flexibility index (Phi) is 8.91. The SMILES string of the molecule is C=C(Nc1cccc(C(F)(F)F)c1)c1ccc(C)c(C#Cc2ccc3cnncc3c2)c1O.CCCC. The molecule has 0 saturated carbocycles. The summed E-state index contributed by atoms with van der Waals surface area (Å²) < 4.78 is 39.0. The number of nitrogens with zero attached hydrogens (tertiary/aromatic N) is 2. The minimum Gasteiger partial charge on any atom is -0.506 e. The van der Waals surface area contributed by atoms with E-state index in [0.717, 1.165) is 34.0 Å². The highest BCUT2D eigenvalue weighted by Gasteiger charge is 2.30. The number of aryl methyl sites for hydroxylation is 1. The maximum Gasteiger partial charge on any atom is 0.416 e. The molecule has 3 aromatic carbocycles. The zero-order chi connectivity index (χ0) is 27.0. The van der Waals surface area contributed by atoms with Crippen molar-refractivity contribution in [2.24, 2.45) is 0 Å². The lowest BCUT2D eigenvalue weighted by Crippen LogP contribution is -2.06. The molecule has 0 fully saturated rings. The Morgan fingerprint density at radius 3 is 2.32 bits per heavy atom. The van der Waals surface area contributed by atoms with Crippen LogP contribution in [0.2, 0.25) is 0 Å². The van der Waals surface area contributed by atoms with Gasteiger partial charge in [0.1, 0.15) is 5.75 Å². The maximum absolute atomic E-state index is 13.0. The maximum atomic E-state index is 13.0. The number of aromatic hydroxyl groups is 1. The Labute approximate surface area is 214 Å². The molecule has 0 aliphatic rings. The largest absolute Gasteiger partial charge is 0.506 e. The third-order valence-corrected chi connectivity index (χ3v) is 5.58. The molecule has 37 heavy (non-hydrogen) atoms. The Morgan fingerprint density at radius 2 is 1.65 bits per heavy atom. The molecule has 190 valence electrons. The van der Waals surface area contributed by atoms with Crippen molar-refractivity contribution >= 4 is 22.2 Å². The van der Waals surface area contributed by atoms with E-state index in [1.54, 1.807) is 24.5 Å². The monoisotopic (exact) mass is 503 g/mol. The molecule has 2 N–H and O–H groups in total. The number of aromatic nitrogens is 2. The number of anilines is 1. The summed E-state index contributed by atoms with van der Waals surface area (Å²) in [6, 6.07) is 13.8. The van der Waals surface area contributed by atoms with E-state index < -0.39 is 11.7 Å². The van der Waals surface area contributed by atoms with Gasteiger partial charge in [0, 0.05) is 33.3 Å². The van der Waals surface area contributed by atoms with Crippen molar-refractivity contribution in [2.45, 2.75) is 39.8 Å². The summed E-state index contributed by atoms with van der Waals surface area (Å²) in [5.41, 5.74) is 1.92. The second kappa shape index (κ2) is 12.1. The van der Waals surface area contributed by atoms with Crippen LogP contribution in [0.25, 0.3) is 16.5 Å². The van der Waals surface area contributed by atoms with Gasteiger partial charge in [-0.3, -0.25) is 0 Å². The summed E-state index contributed by atoms with van der Waals surface area (Å²) >= 11 is 0. The van der Waals surface area contributed by atoms with Gasteiger partial charge >= 0.3 is 6.18 Å². The van der Waals surface area contributed by atoms with Crippen molar-refractivity contribution in [3.05, 3.63) is 101 Å². The van der Waals surface area contributed by atoms with Gasteiger partial charge in [-0.15, -0.1) is 0 Å². The van der Waals surface area contributed by atoms with Gasteiger partial charge in [0.2, 0.25) is 0 Å². The second-order valence-corrected chi connectivity index (χ2v) is 8.42. The van der Waals surface area contributed by atoms with E-state index in [0.29, 0.717) is 11.1 Å². The molecule has 0 amide bonds. The molecule has 0 bridgehead atoms. The summed E-state index contributed by atoms with van der Waals surface area (Å²) in [6.07, 6.45) is 1.49. The third-order valence-electron chi connectivity index (χ3n) is 5.58. The van der Waals surface area contributed by atoms with E-state index in [1.165, 1.54) is 25.0 Å². The number of rotatable bonds is 4. The number of alkyl halides is 3. The number of hydrogen-bond donors (Lipinski definition) is 2. The van der Waals surface area contributed by atoms with Crippen molar-refractivity contribution in [1.29, 1.82) is 0 Å². The van der Waals surface area contributed by atoms with Crippen LogP contribution in [-0.2, 0) is 6.18 Å². The first kappa shape index (κ1) is 27.3. The number of nitrogens with one attached hydrogen (secondary N) is 1. The van der Waals surface area contributed by atoms with Crippen LogP contribution in [-0.4, -0.2) is 15.3 Å². The summed E-state index contributed by atoms with van der Waals surface area (Å²) in [5, 5.41) is 23.2. The molecule has 4 aromatic rings. The van der Waals surface area contributed by atoms with Crippen LogP contribution in [0.5, 0.6) is 5.75 Å². The average Bonchev–Trinajstić information content (AvgIpc) is 2.88. The van der Waals surface area contributed by atoms with Crippen molar-refractivity contribution in [3.63, 3.8) is 0 Å². The molecule has 0 aliphatic heterocycles. The normalized spacial score (nSPS) is 10.6. The molecule has 0 aliphatic carbocycles. The van der Waals surface area contributed by atoms with Crippen LogP contribution in [0.4, 0.5) is 18.9 Å². The Bertz CT molecular complexity index is 1460. The van der Waals surface area contributed by atoms with Gasteiger partial charge in [-0.25, -0.2) is 0 Å². The Hall–Kier alpha value is -4.31. The molecule has 0 radical (unpaired) electrons. The lowest BCUT2D eigenvalue weighted by atomic mass is 10.0. The fraction of sp³-hybridized carbons (Fsp3) is 0.200. The molecule has 4 nitrogen and oxygen atoms in total. The first-order chi connectivity index (χ1) is 17.6. The molecular weight excluding hydrogens is 475 g/mol. The number of unbranched alkanes of at least 4 members (excludes halogenated alkanes) is 1. The second-order valence-electron chi connectivity index (χ2n) is 8.42. The summed E-state index contributed by atoms with van der Waals surface area (Å²) in [6.45, 7) is 10.1. The molecule has 1 heterocycles. The van der Waals surface area contributed by atoms with Crippen LogP contribution < -0.4 is 5.32 Å². The van der Waals surface area contributed by atoms with Gasteiger partial charge < -0.3 is 10.4 Å². The highest BCUT2D eigenvalue weighted by Crippen LogP contribution is 2.33. The summed E-state index contributed by atoms with van der Waals surface area (Å²) in [5.74, 6) is 5.94. The number of halogens is 3. The first-order valence-corrected chi connectivity index (χ1v) is 11.8. The van der Waals surface area contributed by atoms with E-state index in [1.807, 2.05) is 25.1 Å². The number of benzene rings is 3. The highest BCUT2D eigenvalue weighted by molar-refractivity contribution is 5.83. The van der Waals surface area contributed by atoms with E-state index in [-0.39, 0.29) is 17.1 Å². The van der Waals surface area contributed by atoms with Gasteiger partial charge in [-0.1, -0.05) is 63.3 Å². The quantitative estimate of drug-likeness (QED) is 0.278. The van der Waals surface area contributed by atoms with Crippen LogP contribution >= 0.6 is 0 Å². The Morgan fingerprint density at radius 1 is 0.946 bits per heavy atom. The molecule has 0 atom stereocenters. The van der Waals surface area contributed by atoms with Crippen LogP contribution in [0.15, 0.2) is 73.6 Å². The van der Waals surface area contributed by atoms with Gasteiger partial charge in [0.15, 0.2) is 0 Å². The van der Waals surface area contributed by atoms with E-state index in [9.17, 15) is 18.3 Å². The van der Waals surface area contributed by atoms with Crippen molar-refractivity contribution in [1.82, 2.24) is 10.2 Å². The van der Waals surface area contributed by atoms with Gasteiger partial charge in [-0.05, 0) is 48.9 Å². The van der Waals surface area contributed by atoms with Crippen molar-refractivity contribution in [3.8, 4) is 17.6 Å². The summed E-state index contributed by atoms with van der Waals surface area (Å²) in [7, 11) is 0. The van der Waals surface area contributed by atoms with Crippen molar-refractivity contribution < 1.29 is 18.3 Å². The molecule has 4 rings (SSSR count). The lowest BCUT2D eigenvalue weighted by molar-refractivity contribution is -0.137. The molecular formula is C30H28F3N3O. The molecule has 0 spiro atoms. The van der Waals surface area contributed by atoms with E-state index >= 15 is 0 Å². The van der Waals surface area contributed by atoms with Crippen LogP contribution in [0.1, 0.15) is 54.5 Å². The highest BCUT2D eigenvalue weighted by atomic mass is 19.4. The lowest BCUT2D eigenvalue weighted by Gasteiger charge is -2.15. The van der Waals surface area contributed by atoms with Gasteiger partial charge in [-0.2, -0.15) is 23.4 Å². The predicted octanol–water partition coefficient (Wildman–Crippen LogP) is 7.95. The summed E-state index contributed by atoms with van der Waals surface area (Å²) in [4.78, 5) is 0. The first-order valence-electron chi connectivity index (χ1n) is 11.8. The fourth-order valence-corrected chi connectivity index (χ4v) is 3.32. The number of hydrogen-bond acceptors (Lipinski definition) is 4. The smallest absolute Gasteiger partial charge is 0.416 e. The third kappa shape index (κ3) is 7.11. The van der Waals surface area contributed by atoms with E-state index in [2.05, 4.69) is 47.8 Å². The Balaban J connectivity index is 0.000000886. The van der Waals surface area contributed by atoms with Crippen molar-refractivity contribution in [2.75, 3.05) is 5.32 Å². The van der Waals surface area contributed by atoms with Gasteiger partial charge in [0.05, 0.1) is 23.5 Å². The topological polar surface area (TPSA) is 58.0 Å². The fourth-order valence-electron chi connectivity index (χ4n) is 3.32. The predicted molar refractivity (Wildman–Crippen MR) is 143 cm³/mol.